The van der Waals surface area contributed by atoms with Gasteiger partial charge in [-0.05, 0) is 50.3 Å². The average Bonchev–Trinajstić information content (AvgIpc) is 3.43. The molecule has 2 aliphatic heterocycles. The highest BCUT2D eigenvalue weighted by Gasteiger charge is 2.70. The molecule has 13 atom stereocenters. The molecule has 10 nitrogen and oxygen atoms in total. The molecule has 1 aromatic rings. The van der Waals surface area contributed by atoms with Crippen LogP contribution in [-0.2, 0) is 18.9 Å². The molecule has 5 rings (SSSR count). The smallest absolute Gasteiger partial charge is 0.355 e. The van der Waals surface area contributed by atoms with Gasteiger partial charge in [0.15, 0.2) is 6.29 Å². The largest absolute Gasteiger partial charge is 0.455 e. The van der Waals surface area contributed by atoms with Crippen LogP contribution in [0.1, 0.15) is 50.5 Å². The molecule has 3 fully saturated rings. The predicted molar refractivity (Wildman–Crippen MR) is 130 cm³/mol. The maximum atomic E-state index is 12.8. The van der Waals surface area contributed by atoms with Crippen LogP contribution >= 0.6 is 0 Å². The molecule has 0 amide bonds. The molecular formula is C27H39NO9. The Labute approximate surface area is 216 Å². The number of ether oxygens (including phenoxy) is 4. The molecule has 5 N–H and O–H groups in total. The second kappa shape index (κ2) is 10.1. The number of aromatic amines is 1. The van der Waals surface area contributed by atoms with E-state index in [0.717, 1.165) is 5.57 Å². The molecule has 10 heteroatoms. The second-order valence-electron chi connectivity index (χ2n) is 11.3. The Hall–Kier alpha value is -1.79. The molecule has 1 saturated heterocycles. The van der Waals surface area contributed by atoms with Crippen molar-refractivity contribution in [3.05, 3.63) is 35.7 Å². The van der Waals surface area contributed by atoms with Gasteiger partial charge >= 0.3 is 5.97 Å². The Morgan fingerprint density at radius 2 is 1.95 bits per heavy atom. The first-order chi connectivity index (χ1) is 17.6. The zero-order valence-corrected chi connectivity index (χ0v) is 21.7. The summed E-state index contributed by atoms with van der Waals surface area (Å²) >= 11 is 0. The Balaban J connectivity index is 1.56. The van der Waals surface area contributed by atoms with Crippen LogP contribution in [0.4, 0.5) is 0 Å². The fraction of sp³-hybridized carbons (Fsp3) is 0.741. The van der Waals surface area contributed by atoms with E-state index in [9.17, 15) is 25.2 Å². The van der Waals surface area contributed by atoms with E-state index in [0.29, 0.717) is 12.1 Å². The van der Waals surface area contributed by atoms with Gasteiger partial charge in [0.2, 0.25) is 0 Å². The van der Waals surface area contributed by atoms with Crippen LogP contribution in [-0.4, -0.2) is 93.1 Å². The topological polar surface area (TPSA) is 151 Å². The highest BCUT2D eigenvalue weighted by Crippen LogP contribution is 2.62. The van der Waals surface area contributed by atoms with Crippen LogP contribution < -0.4 is 0 Å². The Morgan fingerprint density at radius 3 is 2.59 bits per heavy atom. The van der Waals surface area contributed by atoms with Gasteiger partial charge < -0.3 is 44.4 Å². The summed E-state index contributed by atoms with van der Waals surface area (Å²) < 4.78 is 24.2. The number of hydrogen-bond acceptors (Lipinski definition) is 9. The SMILES string of the molecule is CO[C@H]1C[C@H]2[C@@H](O)C[C@H]3[C@H]4O[C@]2(/C(C)=C/[C@@H](C)[C@@H]([C@@H](C)O)OC1O)[C@@H]3[C@H](O)C[C@H]4OC(=O)c1ccc[nH]1. The molecule has 4 aliphatic rings. The van der Waals surface area contributed by atoms with Gasteiger partial charge in [0.1, 0.15) is 23.5 Å². The first-order valence-electron chi connectivity index (χ1n) is 13.2. The van der Waals surface area contributed by atoms with Crippen molar-refractivity contribution in [3.63, 3.8) is 0 Å². The van der Waals surface area contributed by atoms with Crippen molar-refractivity contribution in [1.82, 2.24) is 4.98 Å². The zero-order chi connectivity index (χ0) is 26.6. The Bertz CT molecular complexity index is 996. The van der Waals surface area contributed by atoms with Gasteiger partial charge in [0.05, 0.1) is 30.5 Å². The highest BCUT2D eigenvalue weighted by molar-refractivity contribution is 5.87. The van der Waals surface area contributed by atoms with Crippen molar-refractivity contribution in [2.45, 2.75) is 94.7 Å². The van der Waals surface area contributed by atoms with E-state index in [1.165, 1.54) is 7.11 Å². The number of hydrogen-bond donors (Lipinski definition) is 5. The van der Waals surface area contributed by atoms with Crippen molar-refractivity contribution in [2.24, 2.45) is 23.7 Å². The van der Waals surface area contributed by atoms with Gasteiger partial charge in [-0.3, -0.25) is 0 Å². The molecule has 206 valence electrons. The van der Waals surface area contributed by atoms with Crippen molar-refractivity contribution >= 4 is 5.97 Å². The summed E-state index contributed by atoms with van der Waals surface area (Å²) in [5.74, 6) is -1.92. The quantitative estimate of drug-likeness (QED) is 0.290. The van der Waals surface area contributed by atoms with E-state index in [4.69, 9.17) is 18.9 Å². The minimum absolute atomic E-state index is 0.209. The third-order valence-electron chi connectivity index (χ3n) is 9.10. The number of methoxy groups -OCH3 is 1. The molecule has 3 heterocycles. The van der Waals surface area contributed by atoms with Crippen molar-refractivity contribution in [2.75, 3.05) is 7.11 Å². The summed E-state index contributed by atoms with van der Waals surface area (Å²) in [6.45, 7) is 5.42. The third-order valence-corrected chi connectivity index (χ3v) is 9.10. The van der Waals surface area contributed by atoms with Crippen molar-refractivity contribution in [1.29, 1.82) is 0 Å². The number of rotatable bonds is 4. The third kappa shape index (κ3) is 4.36. The van der Waals surface area contributed by atoms with E-state index in [1.54, 1.807) is 25.3 Å². The summed E-state index contributed by atoms with van der Waals surface area (Å²) in [5, 5.41) is 44.2. The standard InChI is InChI=1S/C27H39NO9/c1-12-8-13(2)27-16(10-21(34-4)26(33)36-23(12)14(3)29)18(30)9-15-22(27)19(31)11-20(24(15)37-27)35-25(32)17-6-5-7-28-17/h5-8,12,14-16,18-24,26,28-31,33H,9-11H2,1-4H3/b13-8+/t12-,14-,15-,16+,18+,19-,20-,21+,22+,23+,24-,26?,27+/m1/s1. The molecule has 37 heavy (non-hydrogen) atoms. The number of H-pyrrole nitrogens is 1. The van der Waals surface area contributed by atoms with Gasteiger partial charge in [-0.1, -0.05) is 13.0 Å². The molecule has 1 unspecified atom stereocenters. The lowest BCUT2D eigenvalue weighted by molar-refractivity contribution is -0.230. The van der Waals surface area contributed by atoms with Crippen molar-refractivity contribution in [3.8, 4) is 0 Å². The van der Waals surface area contributed by atoms with Crippen LogP contribution in [0.5, 0.6) is 0 Å². The highest BCUT2D eigenvalue weighted by atomic mass is 16.6. The summed E-state index contributed by atoms with van der Waals surface area (Å²) in [7, 11) is 1.47. The molecule has 4 bridgehead atoms. The van der Waals surface area contributed by atoms with Crippen LogP contribution in [0.2, 0.25) is 0 Å². The zero-order valence-electron chi connectivity index (χ0n) is 21.7. The fourth-order valence-electron chi connectivity index (χ4n) is 7.58. The lowest BCUT2D eigenvalue weighted by atomic mass is 9.55. The molecule has 1 aromatic heterocycles. The summed E-state index contributed by atoms with van der Waals surface area (Å²) in [5.41, 5.74) is 0.0706. The molecule has 2 saturated carbocycles. The first-order valence-corrected chi connectivity index (χ1v) is 13.2. The monoisotopic (exact) mass is 521 g/mol. The lowest BCUT2D eigenvalue weighted by Gasteiger charge is -2.52. The molecule has 1 spiro atoms. The summed E-state index contributed by atoms with van der Waals surface area (Å²) in [6, 6.07) is 3.34. The number of aliphatic hydroxyl groups excluding tert-OH is 4. The number of esters is 1. The van der Waals surface area contributed by atoms with Crippen LogP contribution in [0.15, 0.2) is 30.0 Å². The number of carbonyl (C=O) groups excluding carboxylic acids is 1. The van der Waals surface area contributed by atoms with Crippen LogP contribution in [0.25, 0.3) is 0 Å². The predicted octanol–water partition coefficient (Wildman–Crippen LogP) is 1.14. The van der Waals surface area contributed by atoms with Crippen molar-refractivity contribution < 1.29 is 44.2 Å². The van der Waals surface area contributed by atoms with E-state index in [1.807, 2.05) is 19.9 Å². The minimum atomic E-state index is -1.33. The fourth-order valence-corrected chi connectivity index (χ4v) is 7.58. The Kier molecular flexibility index (Phi) is 7.29. The number of nitrogens with one attached hydrogen (secondary N) is 1. The average molecular weight is 522 g/mol. The normalized spacial score (nSPS) is 47.9. The first kappa shape index (κ1) is 26.8. The lowest BCUT2D eigenvalue weighted by Crippen LogP contribution is -2.60. The van der Waals surface area contributed by atoms with Gasteiger partial charge in [-0.15, -0.1) is 0 Å². The summed E-state index contributed by atoms with van der Waals surface area (Å²) in [6.07, 6.45) is -2.15. The van der Waals surface area contributed by atoms with Crippen LogP contribution in [0, 0.1) is 23.7 Å². The molecule has 0 radical (unpaired) electrons. The number of aromatic nitrogens is 1. The van der Waals surface area contributed by atoms with E-state index >= 15 is 0 Å². The number of carbonyl (C=O) groups is 1. The molecule has 0 aromatic carbocycles. The van der Waals surface area contributed by atoms with Crippen LogP contribution in [0.3, 0.4) is 0 Å². The van der Waals surface area contributed by atoms with Gasteiger partial charge in [0, 0.05) is 37.5 Å². The maximum absolute atomic E-state index is 12.8. The van der Waals surface area contributed by atoms with E-state index < -0.39 is 66.5 Å². The van der Waals surface area contributed by atoms with Gasteiger partial charge in [0.25, 0.3) is 0 Å². The maximum Gasteiger partial charge on any atom is 0.355 e. The van der Waals surface area contributed by atoms with E-state index in [2.05, 4.69) is 4.98 Å². The molecule has 2 aliphatic carbocycles. The molecular weight excluding hydrogens is 482 g/mol. The van der Waals surface area contributed by atoms with Gasteiger partial charge in [-0.25, -0.2) is 4.79 Å². The summed E-state index contributed by atoms with van der Waals surface area (Å²) in [4.78, 5) is 15.6. The van der Waals surface area contributed by atoms with Gasteiger partial charge in [-0.2, -0.15) is 0 Å². The Morgan fingerprint density at radius 1 is 1.19 bits per heavy atom. The minimum Gasteiger partial charge on any atom is -0.455 e. The number of aliphatic hydroxyl groups is 4. The van der Waals surface area contributed by atoms with E-state index in [-0.39, 0.29) is 30.6 Å². The second-order valence-corrected chi connectivity index (χ2v) is 11.3.